The summed E-state index contributed by atoms with van der Waals surface area (Å²) in [5.41, 5.74) is 6.85. The summed E-state index contributed by atoms with van der Waals surface area (Å²) < 4.78 is 6.01. The Kier molecular flexibility index (Phi) is 5.08. The van der Waals surface area contributed by atoms with E-state index in [1.165, 1.54) is 0 Å². The quantitative estimate of drug-likeness (QED) is 0.836. The van der Waals surface area contributed by atoms with Crippen LogP contribution in [0.25, 0.3) is 0 Å². The Hall–Kier alpha value is -0.770. The zero-order valence-corrected chi connectivity index (χ0v) is 12.1. The number of ether oxygens (including phenoxy) is 1. The molecule has 106 valence electrons. The van der Waals surface area contributed by atoms with Crippen molar-refractivity contribution in [1.82, 2.24) is 0 Å². The van der Waals surface area contributed by atoms with Crippen LogP contribution in [0.4, 0.5) is 0 Å². The number of halogens is 1. The lowest BCUT2D eigenvalue weighted by atomic mass is 10.1. The van der Waals surface area contributed by atoms with Crippen LogP contribution in [0.2, 0.25) is 5.02 Å². The minimum absolute atomic E-state index is 0.138. The highest BCUT2D eigenvalue weighted by Crippen LogP contribution is 2.30. The lowest BCUT2D eigenvalue weighted by Gasteiger charge is -2.24. The Morgan fingerprint density at radius 1 is 1.32 bits per heavy atom. The van der Waals surface area contributed by atoms with Crippen LogP contribution < -0.4 is 10.5 Å². The van der Waals surface area contributed by atoms with Crippen molar-refractivity contribution in [2.75, 3.05) is 0 Å². The summed E-state index contributed by atoms with van der Waals surface area (Å²) in [4.78, 5) is 0. The normalized spacial score (nSPS) is 25.7. The fraction of sp³-hybridized carbons (Fsp3) is 0.600. The molecule has 3 atom stereocenters. The van der Waals surface area contributed by atoms with Crippen LogP contribution in [0.15, 0.2) is 18.2 Å². The SMILES string of the molecule is C[C@@H](N)c1cc(Cl)ccc1OC1CCCCCC1O. The van der Waals surface area contributed by atoms with Crippen molar-refractivity contribution >= 4 is 11.6 Å². The van der Waals surface area contributed by atoms with E-state index in [1.807, 2.05) is 19.1 Å². The monoisotopic (exact) mass is 283 g/mol. The first-order valence-corrected chi connectivity index (χ1v) is 7.35. The molecular weight excluding hydrogens is 262 g/mol. The van der Waals surface area contributed by atoms with Gasteiger partial charge in [-0.3, -0.25) is 0 Å². The summed E-state index contributed by atoms with van der Waals surface area (Å²) in [6.45, 7) is 1.90. The number of hydrogen-bond donors (Lipinski definition) is 2. The molecule has 1 saturated carbocycles. The molecule has 1 aliphatic rings. The summed E-state index contributed by atoms with van der Waals surface area (Å²) in [6.07, 6.45) is 4.51. The predicted molar refractivity (Wildman–Crippen MR) is 77.6 cm³/mol. The van der Waals surface area contributed by atoms with Crippen LogP contribution in [-0.4, -0.2) is 17.3 Å². The molecule has 0 heterocycles. The fourth-order valence-corrected chi connectivity index (χ4v) is 2.72. The molecule has 1 aromatic carbocycles. The van der Waals surface area contributed by atoms with Crippen LogP contribution in [-0.2, 0) is 0 Å². The average Bonchev–Trinajstić information content (AvgIpc) is 2.57. The molecule has 3 N–H and O–H groups in total. The third-order valence-corrected chi connectivity index (χ3v) is 3.89. The molecular formula is C15H22ClNO2. The van der Waals surface area contributed by atoms with E-state index in [4.69, 9.17) is 22.1 Å². The number of hydrogen-bond acceptors (Lipinski definition) is 3. The van der Waals surface area contributed by atoms with Crippen LogP contribution in [0.1, 0.15) is 50.6 Å². The molecule has 4 heteroatoms. The van der Waals surface area contributed by atoms with Crippen LogP contribution in [0, 0.1) is 0 Å². The number of nitrogens with two attached hydrogens (primary N) is 1. The van der Waals surface area contributed by atoms with Gasteiger partial charge < -0.3 is 15.6 Å². The Morgan fingerprint density at radius 2 is 2.05 bits per heavy atom. The lowest BCUT2D eigenvalue weighted by Crippen LogP contribution is -2.31. The van der Waals surface area contributed by atoms with Gasteiger partial charge in [-0.2, -0.15) is 0 Å². The van der Waals surface area contributed by atoms with Crippen molar-refractivity contribution in [3.05, 3.63) is 28.8 Å². The lowest BCUT2D eigenvalue weighted by molar-refractivity contribution is 0.0313. The topological polar surface area (TPSA) is 55.5 Å². The van der Waals surface area contributed by atoms with Gasteiger partial charge in [-0.15, -0.1) is 0 Å². The third kappa shape index (κ3) is 3.85. The highest BCUT2D eigenvalue weighted by atomic mass is 35.5. The maximum absolute atomic E-state index is 10.1. The van der Waals surface area contributed by atoms with Gasteiger partial charge in [0.2, 0.25) is 0 Å². The first kappa shape index (κ1) is 14.6. The van der Waals surface area contributed by atoms with Crippen molar-refractivity contribution < 1.29 is 9.84 Å². The third-order valence-electron chi connectivity index (χ3n) is 3.66. The minimum atomic E-state index is -0.390. The molecule has 0 spiro atoms. The zero-order valence-electron chi connectivity index (χ0n) is 11.3. The molecule has 3 nitrogen and oxygen atoms in total. The van der Waals surface area contributed by atoms with Crippen molar-refractivity contribution in [2.45, 2.75) is 57.3 Å². The van der Waals surface area contributed by atoms with E-state index in [1.54, 1.807) is 6.07 Å². The van der Waals surface area contributed by atoms with Crippen molar-refractivity contribution in [1.29, 1.82) is 0 Å². The number of rotatable bonds is 3. The number of aliphatic hydroxyl groups is 1. The van der Waals surface area contributed by atoms with E-state index in [2.05, 4.69) is 0 Å². The Morgan fingerprint density at radius 3 is 2.79 bits per heavy atom. The summed E-state index contributed by atoms with van der Waals surface area (Å²) in [7, 11) is 0. The maximum Gasteiger partial charge on any atom is 0.124 e. The largest absolute Gasteiger partial charge is 0.487 e. The molecule has 0 amide bonds. The second kappa shape index (κ2) is 6.60. The smallest absolute Gasteiger partial charge is 0.124 e. The summed E-state index contributed by atoms with van der Waals surface area (Å²) in [5, 5.41) is 10.8. The summed E-state index contributed by atoms with van der Waals surface area (Å²) in [6, 6.07) is 5.34. The van der Waals surface area contributed by atoms with Crippen molar-refractivity contribution in [3.8, 4) is 5.75 Å². The molecule has 0 aromatic heterocycles. The number of benzene rings is 1. The van der Waals surface area contributed by atoms with Gasteiger partial charge in [0.25, 0.3) is 0 Å². The maximum atomic E-state index is 10.1. The van der Waals surface area contributed by atoms with Crippen LogP contribution in [0.5, 0.6) is 5.75 Å². The molecule has 1 aromatic rings. The Bertz CT molecular complexity index is 423. The molecule has 1 aliphatic carbocycles. The highest BCUT2D eigenvalue weighted by Gasteiger charge is 2.24. The van der Waals surface area contributed by atoms with Gasteiger partial charge >= 0.3 is 0 Å². The van der Waals surface area contributed by atoms with E-state index in [0.29, 0.717) is 5.02 Å². The van der Waals surface area contributed by atoms with E-state index in [9.17, 15) is 5.11 Å². The van der Waals surface area contributed by atoms with E-state index in [-0.39, 0.29) is 18.2 Å². The van der Waals surface area contributed by atoms with Gasteiger partial charge in [-0.05, 0) is 44.4 Å². The van der Waals surface area contributed by atoms with Crippen LogP contribution in [0.3, 0.4) is 0 Å². The second-order valence-electron chi connectivity index (χ2n) is 5.33. The predicted octanol–water partition coefficient (Wildman–Crippen LogP) is 3.43. The molecule has 0 saturated heterocycles. The molecule has 2 rings (SSSR count). The fourth-order valence-electron chi connectivity index (χ4n) is 2.54. The molecule has 0 radical (unpaired) electrons. The van der Waals surface area contributed by atoms with Crippen LogP contribution >= 0.6 is 11.6 Å². The molecule has 2 unspecified atom stereocenters. The van der Waals surface area contributed by atoms with Crippen molar-refractivity contribution in [2.24, 2.45) is 5.73 Å². The Balaban J connectivity index is 2.17. The van der Waals surface area contributed by atoms with E-state index in [0.717, 1.165) is 43.4 Å². The van der Waals surface area contributed by atoms with E-state index < -0.39 is 0 Å². The van der Waals surface area contributed by atoms with Gasteiger partial charge in [-0.25, -0.2) is 0 Å². The van der Waals surface area contributed by atoms with Crippen molar-refractivity contribution in [3.63, 3.8) is 0 Å². The zero-order chi connectivity index (χ0) is 13.8. The number of aliphatic hydroxyl groups excluding tert-OH is 1. The molecule has 1 fully saturated rings. The highest BCUT2D eigenvalue weighted by molar-refractivity contribution is 6.30. The molecule has 0 aliphatic heterocycles. The first-order valence-electron chi connectivity index (χ1n) is 6.97. The minimum Gasteiger partial charge on any atom is -0.487 e. The van der Waals surface area contributed by atoms with Gasteiger partial charge in [-0.1, -0.05) is 24.4 Å². The Labute approximate surface area is 119 Å². The van der Waals surface area contributed by atoms with E-state index >= 15 is 0 Å². The molecule has 19 heavy (non-hydrogen) atoms. The van der Waals surface area contributed by atoms with Gasteiger partial charge in [0, 0.05) is 16.6 Å². The summed E-state index contributed by atoms with van der Waals surface area (Å²) >= 11 is 6.00. The van der Waals surface area contributed by atoms with Gasteiger partial charge in [0.1, 0.15) is 11.9 Å². The average molecular weight is 284 g/mol. The standard InChI is InChI=1S/C15H22ClNO2/c1-10(17)12-9-11(16)7-8-14(12)19-15-6-4-2-3-5-13(15)18/h7-10,13,15,18H,2-6,17H2,1H3/t10-,13?,15?/m1/s1. The van der Waals surface area contributed by atoms with Gasteiger partial charge in [0.05, 0.1) is 6.10 Å². The molecule has 0 bridgehead atoms. The second-order valence-corrected chi connectivity index (χ2v) is 5.77. The van der Waals surface area contributed by atoms with Gasteiger partial charge in [0.15, 0.2) is 0 Å². The first-order chi connectivity index (χ1) is 9.08. The summed E-state index contributed by atoms with van der Waals surface area (Å²) in [5.74, 6) is 0.741.